The Morgan fingerprint density at radius 1 is 1.25 bits per heavy atom. The summed E-state index contributed by atoms with van der Waals surface area (Å²) in [5.74, 6) is 1.53. The molecule has 20 heavy (non-hydrogen) atoms. The van der Waals surface area contributed by atoms with Crippen LogP contribution in [-0.4, -0.2) is 23.9 Å². The summed E-state index contributed by atoms with van der Waals surface area (Å²) in [6.07, 6.45) is 0.446. The smallest absolute Gasteiger partial charge is 0.148 e. The molecule has 1 heterocycles. The fraction of sp³-hybridized carbons (Fsp3) is 0.267. The predicted octanol–water partition coefficient (Wildman–Crippen LogP) is 2.79. The molecule has 2 aromatic rings. The standard InChI is InChI=1S/C15H16N4O/c1-11-10-12(4-6-14(11)20-2)13-5-7-15(19-18-13)17-9-3-8-16/h4-7,10H,3,9H2,1-2H3,(H,17,19). The molecule has 5 nitrogen and oxygen atoms in total. The Bertz CT molecular complexity index is 617. The minimum Gasteiger partial charge on any atom is -0.496 e. The number of ether oxygens (including phenoxy) is 1. The number of aryl methyl sites for hydroxylation is 1. The van der Waals surface area contributed by atoms with E-state index in [1.165, 1.54) is 0 Å². The number of methoxy groups -OCH3 is 1. The average Bonchev–Trinajstić information content (AvgIpc) is 2.48. The van der Waals surface area contributed by atoms with Crippen LogP contribution in [0.1, 0.15) is 12.0 Å². The number of hydrogen-bond donors (Lipinski definition) is 1. The van der Waals surface area contributed by atoms with Crippen molar-refractivity contribution >= 4 is 5.82 Å². The highest BCUT2D eigenvalue weighted by Gasteiger charge is 2.04. The van der Waals surface area contributed by atoms with Crippen LogP contribution < -0.4 is 10.1 Å². The summed E-state index contributed by atoms with van der Waals surface area (Å²) in [6, 6.07) is 11.7. The van der Waals surface area contributed by atoms with E-state index >= 15 is 0 Å². The number of nitrogens with one attached hydrogen (secondary N) is 1. The summed E-state index contributed by atoms with van der Waals surface area (Å²) in [4.78, 5) is 0. The molecule has 0 aliphatic carbocycles. The number of nitriles is 1. The number of aromatic nitrogens is 2. The Kier molecular flexibility index (Phi) is 4.51. The normalized spacial score (nSPS) is 9.85. The molecular weight excluding hydrogens is 252 g/mol. The van der Waals surface area contributed by atoms with Crippen molar-refractivity contribution in [3.05, 3.63) is 35.9 Å². The topological polar surface area (TPSA) is 70.8 Å². The predicted molar refractivity (Wildman–Crippen MR) is 77.5 cm³/mol. The third kappa shape index (κ3) is 3.23. The fourth-order valence-electron chi connectivity index (χ4n) is 1.86. The Morgan fingerprint density at radius 3 is 2.70 bits per heavy atom. The van der Waals surface area contributed by atoms with Crippen LogP contribution in [0.4, 0.5) is 5.82 Å². The highest BCUT2D eigenvalue weighted by molar-refractivity contribution is 5.62. The number of hydrogen-bond acceptors (Lipinski definition) is 5. The summed E-state index contributed by atoms with van der Waals surface area (Å²) < 4.78 is 5.24. The molecule has 0 aliphatic rings. The van der Waals surface area contributed by atoms with Crippen LogP contribution in [0.25, 0.3) is 11.3 Å². The highest BCUT2D eigenvalue weighted by atomic mass is 16.5. The molecule has 0 bridgehead atoms. The molecule has 0 saturated carbocycles. The van der Waals surface area contributed by atoms with Crippen molar-refractivity contribution < 1.29 is 4.74 Å². The van der Waals surface area contributed by atoms with Gasteiger partial charge in [-0.15, -0.1) is 10.2 Å². The van der Waals surface area contributed by atoms with Gasteiger partial charge in [0, 0.05) is 12.1 Å². The highest BCUT2D eigenvalue weighted by Crippen LogP contribution is 2.24. The maximum absolute atomic E-state index is 8.47. The first-order valence-corrected chi connectivity index (χ1v) is 6.34. The summed E-state index contributed by atoms with van der Waals surface area (Å²) in [7, 11) is 1.66. The third-order valence-electron chi connectivity index (χ3n) is 2.90. The first-order valence-electron chi connectivity index (χ1n) is 6.34. The molecule has 0 radical (unpaired) electrons. The van der Waals surface area contributed by atoms with Crippen LogP contribution in [-0.2, 0) is 0 Å². The maximum atomic E-state index is 8.47. The van der Waals surface area contributed by atoms with Crippen LogP contribution in [0.3, 0.4) is 0 Å². The Balaban J connectivity index is 2.13. The molecule has 1 N–H and O–H groups in total. The van der Waals surface area contributed by atoms with Crippen LogP contribution >= 0.6 is 0 Å². The lowest BCUT2D eigenvalue weighted by molar-refractivity contribution is 0.412. The van der Waals surface area contributed by atoms with Crippen LogP contribution in [0.2, 0.25) is 0 Å². The largest absolute Gasteiger partial charge is 0.496 e. The summed E-state index contributed by atoms with van der Waals surface area (Å²) in [5, 5.41) is 19.8. The van der Waals surface area contributed by atoms with Crippen molar-refractivity contribution in [1.82, 2.24) is 10.2 Å². The van der Waals surface area contributed by atoms with Gasteiger partial charge in [0.15, 0.2) is 0 Å². The van der Waals surface area contributed by atoms with Gasteiger partial charge in [0.05, 0.1) is 25.3 Å². The molecule has 0 unspecified atom stereocenters. The second-order valence-corrected chi connectivity index (χ2v) is 4.32. The molecule has 0 spiro atoms. The Labute approximate surface area is 118 Å². The molecule has 5 heteroatoms. The molecule has 0 amide bonds. The lowest BCUT2D eigenvalue weighted by Gasteiger charge is -2.07. The number of benzene rings is 1. The second kappa shape index (κ2) is 6.53. The van der Waals surface area contributed by atoms with E-state index in [1.807, 2.05) is 37.3 Å². The van der Waals surface area contributed by atoms with Gasteiger partial charge in [0.25, 0.3) is 0 Å². The van der Waals surface area contributed by atoms with Crippen LogP contribution in [0, 0.1) is 18.3 Å². The summed E-state index contributed by atoms with van der Waals surface area (Å²) >= 11 is 0. The second-order valence-electron chi connectivity index (χ2n) is 4.32. The van der Waals surface area contributed by atoms with Crippen molar-refractivity contribution in [2.24, 2.45) is 0 Å². The average molecular weight is 268 g/mol. The van der Waals surface area contributed by atoms with Gasteiger partial charge in [0.2, 0.25) is 0 Å². The van der Waals surface area contributed by atoms with Gasteiger partial charge >= 0.3 is 0 Å². The third-order valence-corrected chi connectivity index (χ3v) is 2.90. The quantitative estimate of drug-likeness (QED) is 0.844. The molecule has 0 fully saturated rings. The molecule has 0 saturated heterocycles. The van der Waals surface area contributed by atoms with Gasteiger partial charge in [-0.2, -0.15) is 5.26 Å². The molecule has 0 atom stereocenters. The zero-order valence-corrected chi connectivity index (χ0v) is 11.6. The first kappa shape index (κ1) is 13.8. The van der Waals surface area contributed by atoms with E-state index in [4.69, 9.17) is 10.00 Å². The zero-order valence-electron chi connectivity index (χ0n) is 11.6. The summed E-state index contributed by atoms with van der Waals surface area (Å²) in [5.41, 5.74) is 2.86. The van der Waals surface area contributed by atoms with E-state index in [1.54, 1.807) is 7.11 Å². The monoisotopic (exact) mass is 268 g/mol. The van der Waals surface area contributed by atoms with E-state index in [2.05, 4.69) is 21.6 Å². The zero-order chi connectivity index (χ0) is 14.4. The molecular formula is C15H16N4O. The molecule has 1 aromatic carbocycles. The van der Waals surface area contributed by atoms with Gasteiger partial charge in [-0.3, -0.25) is 0 Å². The van der Waals surface area contributed by atoms with Crippen molar-refractivity contribution in [3.63, 3.8) is 0 Å². The fourth-order valence-corrected chi connectivity index (χ4v) is 1.86. The minimum absolute atomic E-state index is 0.446. The first-order chi connectivity index (χ1) is 9.74. The van der Waals surface area contributed by atoms with Crippen LogP contribution in [0.5, 0.6) is 5.75 Å². The number of anilines is 1. The Hall–Kier alpha value is -2.61. The van der Waals surface area contributed by atoms with Crippen molar-refractivity contribution in [2.45, 2.75) is 13.3 Å². The molecule has 2 rings (SSSR count). The van der Waals surface area contributed by atoms with Gasteiger partial charge in [-0.05, 0) is 42.8 Å². The molecule has 1 aromatic heterocycles. The SMILES string of the molecule is COc1ccc(-c2ccc(NCCC#N)nn2)cc1C. The number of rotatable bonds is 5. The molecule has 102 valence electrons. The Morgan fingerprint density at radius 2 is 2.10 bits per heavy atom. The van der Waals surface area contributed by atoms with Crippen LogP contribution in [0.15, 0.2) is 30.3 Å². The van der Waals surface area contributed by atoms with E-state index in [-0.39, 0.29) is 0 Å². The van der Waals surface area contributed by atoms with Gasteiger partial charge in [-0.25, -0.2) is 0 Å². The van der Waals surface area contributed by atoms with E-state index in [9.17, 15) is 0 Å². The maximum Gasteiger partial charge on any atom is 0.148 e. The van der Waals surface area contributed by atoms with Crippen molar-refractivity contribution in [3.8, 4) is 23.1 Å². The van der Waals surface area contributed by atoms with Gasteiger partial charge < -0.3 is 10.1 Å². The van der Waals surface area contributed by atoms with Crippen molar-refractivity contribution in [2.75, 3.05) is 19.0 Å². The van der Waals surface area contributed by atoms with E-state index in [0.717, 1.165) is 22.6 Å². The van der Waals surface area contributed by atoms with Gasteiger partial charge in [-0.1, -0.05) is 0 Å². The van der Waals surface area contributed by atoms with E-state index < -0.39 is 0 Å². The lowest BCUT2D eigenvalue weighted by atomic mass is 10.1. The molecule has 0 aliphatic heterocycles. The van der Waals surface area contributed by atoms with Gasteiger partial charge in [0.1, 0.15) is 11.6 Å². The minimum atomic E-state index is 0.446. The summed E-state index contributed by atoms with van der Waals surface area (Å²) in [6.45, 7) is 2.57. The van der Waals surface area contributed by atoms with E-state index in [0.29, 0.717) is 18.8 Å². The number of nitrogens with zero attached hydrogens (tertiary/aromatic N) is 3. The van der Waals surface area contributed by atoms with Crippen molar-refractivity contribution in [1.29, 1.82) is 5.26 Å². The lowest BCUT2D eigenvalue weighted by Crippen LogP contribution is -2.03.